The van der Waals surface area contributed by atoms with Gasteiger partial charge < -0.3 is 15.4 Å². The zero-order chi connectivity index (χ0) is 20.3. The fourth-order valence-electron chi connectivity index (χ4n) is 2.42. The molecule has 142 valence electrons. The molecule has 3 aromatic rings. The van der Waals surface area contributed by atoms with Gasteiger partial charge in [-0.05, 0) is 34.8 Å². The lowest BCUT2D eigenvalue weighted by Gasteiger charge is -2.05. The average molecular weight is 386 g/mol. The van der Waals surface area contributed by atoms with E-state index >= 15 is 0 Å². The minimum atomic E-state index is -0.870. The van der Waals surface area contributed by atoms with E-state index in [4.69, 9.17) is 4.52 Å². The van der Waals surface area contributed by atoms with Crippen LogP contribution in [0.5, 0.6) is 0 Å². The Bertz CT molecular complexity index is 1050. The molecular weight excluding hydrogens is 375 g/mol. The maximum atomic E-state index is 12.9. The summed E-state index contributed by atoms with van der Waals surface area (Å²) in [6.45, 7) is -0.0127. The SMILES string of the molecule is O=C(NCc1ccc(F)cc1)c1c([N+](=O)[O-])noc1-c1ccc([N+](=O)[O-])cc1. The highest BCUT2D eigenvalue weighted by Gasteiger charge is 2.33. The third kappa shape index (κ3) is 3.82. The van der Waals surface area contributed by atoms with Gasteiger partial charge in [0.1, 0.15) is 5.82 Å². The Hall–Kier alpha value is -4.15. The minimum absolute atomic E-state index is 0.0127. The van der Waals surface area contributed by atoms with Crippen molar-refractivity contribution in [2.24, 2.45) is 0 Å². The van der Waals surface area contributed by atoms with Crippen LogP contribution in [0.4, 0.5) is 15.9 Å². The third-order valence-electron chi connectivity index (χ3n) is 3.78. The van der Waals surface area contributed by atoms with Crippen molar-refractivity contribution in [2.45, 2.75) is 6.54 Å². The van der Waals surface area contributed by atoms with Crippen molar-refractivity contribution in [3.05, 3.63) is 85.7 Å². The predicted octanol–water partition coefficient (Wildman–Crippen LogP) is 3.23. The molecule has 0 aliphatic heterocycles. The molecule has 0 fully saturated rings. The second-order valence-electron chi connectivity index (χ2n) is 5.58. The maximum absolute atomic E-state index is 12.9. The first-order valence-electron chi connectivity index (χ1n) is 7.78. The third-order valence-corrected chi connectivity index (χ3v) is 3.78. The van der Waals surface area contributed by atoms with Crippen molar-refractivity contribution in [3.8, 4) is 11.3 Å². The van der Waals surface area contributed by atoms with Crippen LogP contribution in [-0.4, -0.2) is 20.9 Å². The number of nitrogens with zero attached hydrogens (tertiary/aromatic N) is 3. The second-order valence-corrected chi connectivity index (χ2v) is 5.58. The van der Waals surface area contributed by atoms with Gasteiger partial charge in [0.25, 0.3) is 11.6 Å². The lowest BCUT2D eigenvalue weighted by molar-refractivity contribution is -0.391. The number of carbonyl (C=O) groups is 1. The number of hydrogen-bond acceptors (Lipinski definition) is 7. The molecule has 0 radical (unpaired) electrons. The highest BCUT2D eigenvalue weighted by atomic mass is 19.1. The number of nitro benzene ring substituents is 1. The molecule has 0 aliphatic rings. The van der Waals surface area contributed by atoms with Crippen molar-refractivity contribution in [3.63, 3.8) is 0 Å². The van der Waals surface area contributed by atoms with E-state index < -0.39 is 33.0 Å². The van der Waals surface area contributed by atoms with Crippen molar-refractivity contribution in [1.29, 1.82) is 0 Å². The summed E-state index contributed by atoms with van der Waals surface area (Å²) < 4.78 is 17.9. The van der Waals surface area contributed by atoms with Gasteiger partial charge >= 0.3 is 5.82 Å². The van der Waals surface area contributed by atoms with E-state index in [1.54, 1.807) is 0 Å². The van der Waals surface area contributed by atoms with Crippen molar-refractivity contribution >= 4 is 17.4 Å². The van der Waals surface area contributed by atoms with Crippen molar-refractivity contribution in [1.82, 2.24) is 10.5 Å². The first-order valence-corrected chi connectivity index (χ1v) is 7.78. The summed E-state index contributed by atoms with van der Waals surface area (Å²) in [5.41, 5.74) is 0.171. The molecule has 1 N–H and O–H groups in total. The van der Waals surface area contributed by atoms with Gasteiger partial charge in [-0.1, -0.05) is 12.1 Å². The zero-order valence-corrected chi connectivity index (χ0v) is 14.0. The number of benzene rings is 2. The molecule has 11 heteroatoms. The van der Waals surface area contributed by atoms with Gasteiger partial charge in [-0.2, -0.15) is 0 Å². The van der Waals surface area contributed by atoms with Crippen LogP contribution in [0.2, 0.25) is 0 Å². The van der Waals surface area contributed by atoms with Gasteiger partial charge in [0.2, 0.25) is 5.76 Å². The van der Waals surface area contributed by atoms with Gasteiger partial charge in [-0.25, -0.2) is 4.39 Å². The van der Waals surface area contributed by atoms with E-state index in [2.05, 4.69) is 10.5 Å². The molecule has 3 rings (SSSR count). The number of nitro groups is 2. The van der Waals surface area contributed by atoms with Gasteiger partial charge in [0.05, 0.1) is 4.92 Å². The van der Waals surface area contributed by atoms with Crippen LogP contribution < -0.4 is 5.32 Å². The Morgan fingerprint density at radius 1 is 1.04 bits per heavy atom. The van der Waals surface area contributed by atoms with Crippen LogP contribution in [0.15, 0.2) is 53.1 Å². The molecule has 0 atom stereocenters. The minimum Gasteiger partial charge on any atom is -0.358 e. The molecule has 0 spiro atoms. The quantitative estimate of drug-likeness (QED) is 0.506. The molecule has 0 aliphatic carbocycles. The summed E-state index contributed by atoms with van der Waals surface area (Å²) in [5, 5.41) is 27.7. The highest BCUT2D eigenvalue weighted by molar-refractivity contribution is 6.02. The lowest BCUT2D eigenvalue weighted by Crippen LogP contribution is -2.23. The number of amides is 1. The fourth-order valence-corrected chi connectivity index (χ4v) is 2.42. The Morgan fingerprint density at radius 2 is 1.68 bits per heavy atom. The van der Waals surface area contributed by atoms with E-state index in [-0.39, 0.29) is 23.6 Å². The summed E-state index contributed by atoms with van der Waals surface area (Å²) in [4.78, 5) is 33.0. The molecule has 1 aromatic heterocycles. The lowest BCUT2D eigenvalue weighted by atomic mass is 10.1. The Kier molecular flexibility index (Phi) is 5.07. The number of non-ortho nitro benzene ring substituents is 1. The van der Waals surface area contributed by atoms with E-state index in [0.29, 0.717) is 5.56 Å². The fraction of sp³-hybridized carbons (Fsp3) is 0.0588. The van der Waals surface area contributed by atoms with Gasteiger partial charge in [-0.15, -0.1) is 0 Å². The Balaban J connectivity index is 1.90. The normalized spacial score (nSPS) is 10.5. The number of aromatic nitrogens is 1. The summed E-state index contributed by atoms with van der Waals surface area (Å²) >= 11 is 0. The number of hydrogen-bond donors (Lipinski definition) is 1. The van der Waals surface area contributed by atoms with Crippen LogP contribution in [0.1, 0.15) is 15.9 Å². The van der Waals surface area contributed by atoms with E-state index in [0.717, 1.165) is 0 Å². The summed E-state index contributed by atoms with van der Waals surface area (Å²) in [6.07, 6.45) is 0. The summed E-state index contributed by atoms with van der Waals surface area (Å²) in [6, 6.07) is 10.3. The van der Waals surface area contributed by atoms with Crippen molar-refractivity contribution < 1.29 is 23.6 Å². The van der Waals surface area contributed by atoms with E-state index in [1.165, 1.54) is 48.5 Å². The van der Waals surface area contributed by atoms with Gasteiger partial charge in [0, 0.05) is 24.2 Å². The predicted molar refractivity (Wildman–Crippen MR) is 92.8 cm³/mol. The maximum Gasteiger partial charge on any atom is 0.427 e. The number of halogens is 1. The topological polar surface area (TPSA) is 141 Å². The van der Waals surface area contributed by atoms with Crippen LogP contribution >= 0.6 is 0 Å². The van der Waals surface area contributed by atoms with Crippen LogP contribution in [0, 0.1) is 26.0 Å². The van der Waals surface area contributed by atoms with Gasteiger partial charge in [0.15, 0.2) is 10.7 Å². The molecule has 0 bridgehead atoms. The molecule has 0 saturated heterocycles. The largest absolute Gasteiger partial charge is 0.427 e. The second kappa shape index (κ2) is 7.61. The molecule has 1 heterocycles. The zero-order valence-electron chi connectivity index (χ0n) is 14.0. The van der Waals surface area contributed by atoms with Crippen molar-refractivity contribution in [2.75, 3.05) is 0 Å². The molecule has 1 amide bonds. The summed E-state index contributed by atoms with van der Waals surface area (Å²) in [7, 11) is 0. The molecule has 0 unspecified atom stereocenters. The molecule has 2 aromatic carbocycles. The Morgan fingerprint density at radius 3 is 2.25 bits per heavy atom. The standard InChI is InChI=1S/C17H11FN4O6/c18-12-5-1-10(2-6-12)9-19-17(23)14-15(28-20-16(14)22(26)27)11-3-7-13(8-4-11)21(24)25/h1-8H,9H2,(H,19,23). The molecule has 28 heavy (non-hydrogen) atoms. The van der Waals surface area contributed by atoms with Crippen LogP contribution in [-0.2, 0) is 6.54 Å². The average Bonchev–Trinajstić information content (AvgIpc) is 3.13. The first-order chi connectivity index (χ1) is 13.4. The number of carbonyl (C=O) groups excluding carboxylic acids is 1. The van der Waals surface area contributed by atoms with E-state index in [9.17, 15) is 29.4 Å². The highest BCUT2D eigenvalue weighted by Crippen LogP contribution is 2.31. The Labute approximate surface area is 155 Å². The van der Waals surface area contributed by atoms with Crippen LogP contribution in [0.25, 0.3) is 11.3 Å². The molecular formula is C17H11FN4O6. The monoisotopic (exact) mass is 386 g/mol. The number of nitrogens with one attached hydrogen (secondary N) is 1. The molecule has 0 saturated carbocycles. The summed E-state index contributed by atoms with van der Waals surface area (Å²) in [5.74, 6) is -2.25. The van der Waals surface area contributed by atoms with Crippen LogP contribution in [0.3, 0.4) is 0 Å². The first kappa shape index (κ1) is 18.6. The van der Waals surface area contributed by atoms with E-state index in [1.807, 2.05) is 0 Å². The smallest absolute Gasteiger partial charge is 0.358 e. The number of rotatable bonds is 6. The van der Waals surface area contributed by atoms with Gasteiger partial charge in [-0.3, -0.25) is 19.4 Å². The molecule has 10 nitrogen and oxygen atoms in total.